The minimum Gasteiger partial charge on any atom is -0.478 e. The second-order valence-corrected chi connectivity index (χ2v) is 12.5. The van der Waals surface area contributed by atoms with Crippen molar-refractivity contribution in [2.24, 2.45) is 0 Å². The largest absolute Gasteiger partial charge is 0.478 e. The molecule has 0 radical (unpaired) electrons. The maximum atomic E-state index is 13.6. The maximum absolute atomic E-state index is 13.6. The van der Waals surface area contributed by atoms with Gasteiger partial charge in [-0.25, -0.2) is 9.59 Å². The normalized spacial score (nSPS) is 12.3. The summed E-state index contributed by atoms with van der Waals surface area (Å²) in [5.41, 5.74) is 5.27. The van der Waals surface area contributed by atoms with Crippen LogP contribution in [0.2, 0.25) is 0 Å². The third kappa shape index (κ3) is 8.82. The van der Waals surface area contributed by atoms with Crippen LogP contribution in [0.4, 0.5) is 35.9 Å². The summed E-state index contributed by atoms with van der Waals surface area (Å²) in [4.78, 5) is 39.8. The third-order valence-corrected chi connectivity index (χ3v) is 8.41. The van der Waals surface area contributed by atoms with E-state index in [4.69, 9.17) is 0 Å². The first-order valence-corrected chi connectivity index (χ1v) is 16.5. The number of carboxylic acid groups (broad SMARTS) is 2. The van der Waals surface area contributed by atoms with Crippen LogP contribution in [0, 0.1) is 13.8 Å². The van der Waals surface area contributed by atoms with Gasteiger partial charge < -0.3 is 20.8 Å². The molecule has 0 atom stereocenters. The smallest absolute Gasteiger partial charge is 0.418 e. The van der Waals surface area contributed by atoms with E-state index in [1.54, 1.807) is 79.4 Å². The summed E-state index contributed by atoms with van der Waals surface area (Å²) in [6.07, 6.45) is 5.25. The highest BCUT2D eigenvalue weighted by Gasteiger charge is 2.35. The first-order chi connectivity index (χ1) is 25.4. The number of rotatable bonds is 9. The van der Waals surface area contributed by atoms with E-state index < -0.39 is 23.7 Å². The fraction of sp³-hybridized carbons (Fsp3) is 0.150. The monoisotopic (exact) mass is 718 g/mol. The van der Waals surface area contributed by atoms with Gasteiger partial charge in [-0.1, -0.05) is 48.0 Å². The van der Waals surface area contributed by atoms with E-state index in [2.05, 4.69) is 30.6 Å². The number of carboxylic acids is 2. The molecule has 3 aromatic carbocycles. The fourth-order valence-corrected chi connectivity index (χ4v) is 5.68. The summed E-state index contributed by atoms with van der Waals surface area (Å²) >= 11 is 0. The first kappa shape index (κ1) is 36.2. The number of carbonyl (C=O) groups is 2. The maximum Gasteiger partial charge on any atom is 0.418 e. The molecular formula is C40H33F3N6O4. The Morgan fingerprint density at radius 1 is 0.717 bits per heavy atom. The summed E-state index contributed by atoms with van der Waals surface area (Å²) in [6.45, 7) is 3.78. The third-order valence-electron chi connectivity index (χ3n) is 8.41. The van der Waals surface area contributed by atoms with Gasteiger partial charge in [0.05, 0.1) is 69.4 Å². The molecule has 53 heavy (non-hydrogen) atoms. The van der Waals surface area contributed by atoms with Crippen molar-refractivity contribution in [3.63, 3.8) is 0 Å². The molecule has 4 N–H and O–H groups in total. The molecule has 0 saturated heterocycles. The van der Waals surface area contributed by atoms with Gasteiger partial charge in [0.2, 0.25) is 0 Å². The van der Waals surface area contributed by atoms with Gasteiger partial charge >= 0.3 is 18.1 Å². The molecule has 1 aliphatic carbocycles. The lowest BCUT2D eigenvalue weighted by Gasteiger charge is -2.16. The molecule has 10 nitrogen and oxygen atoms in total. The zero-order valence-corrected chi connectivity index (χ0v) is 28.5. The summed E-state index contributed by atoms with van der Waals surface area (Å²) in [6, 6.07) is 21.2. The topological polar surface area (TPSA) is 150 Å². The van der Waals surface area contributed by atoms with Crippen LogP contribution in [-0.2, 0) is 6.18 Å². The van der Waals surface area contributed by atoms with Crippen LogP contribution in [0.1, 0.15) is 61.7 Å². The predicted octanol–water partition coefficient (Wildman–Crippen LogP) is 9.68. The second-order valence-electron chi connectivity index (χ2n) is 12.5. The van der Waals surface area contributed by atoms with Gasteiger partial charge in [0.1, 0.15) is 5.69 Å². The van der Waals surface area contributed by atoms with Crippen LogP contribution < -0.4 is 10.6 Å². The molecule has 0 amide bonds. The van der Waals surface area contributed by atoms with E-state index in [1.807, 2.05) is 32.0 Å². The molecule has 3 aromatic heterocycles. The number of anilines is 4. The number of aromatic carboxylic acids is 2. The zero-order chi connectivity index (χ0) is 37.7. The lowest BCUT2D eigenvalue weighted by atomic mass is 10.0. The van der Waals surface area contributed by atoms with E-state index >= 15 is 0 Å². The summed E-state index contributed by atoms with van der Waals surface area (Å²) in [7, 11) is 0. The number of hydrogen-bond acceptors (Lipinski definition) is 8. The zero-order valence-electron chi connectivity index (χ0n) is 28.5. The number of nitrogens with one attached hydrogen (secondary N) is 2. The highest BCUT2D eigenvalue weighted by Crippen LogP contribution is 2.42. The average Bonchev–Trinajstić information content (AvgIpc) is 3.99. The van der Waals surface area contributed by atoms with Crippen LogP contribution >= 0.6 is 0 Å². The predicted molar refractivity (Wildman–Crippen MR) is 195 cm³/mol. The van der Waals surface area contributed by atoms with Crippen molar-refractivity contribution in [2.75, 3.05) is 10.6 Å². The number of aromatic nitrogens is 4. The molecule has 268 valence electrons. The number of benzene rings is 3. The van der Waals surface area contributed by atoms with Crippen molar-refractivity contribution in [2.45, 2.75) is 38.8 Å². The number of aryl methyl sites for hydroxylation is 2. The van der Waals surface area contributed by atoms with E-state index in [9.17, 15) is 33.0 Å². The van der Waals surface area contributed by atoms with Crippen LogP contribution in [-0.4, -0.2) is 42.1 Å². The molecule has 0 spiro atoms. The number of hydrogen-bond donors (Lipinski definition) is 4. The van der Waals surface area contributed by atoms with E-state index in [1.165, 1.54) is 6.20 Å². The molecule has 0 unspecified atom stereocenters. The molecule has 3 heterocycles. The van der Waals surface area contributed by atoms with Crippen molar-refractivity contribution >= 4 is 34.7 Å². The van der Waals surface area contributed by atoms with Crippen LogP contribution in [0.5, 0.6) is 0 Å². The second kappa shape index (κ2) is 15.3. The van der Waals surface area contributed by atoms with Gasteiger partial charge in [-0.2, -0.15) is 13.2 Å². The van der Waals surface area contributed by atoms with Crippen LogP contribution in [0.15, 0.2) is 110 Å². The standard InChI is InChI=1S/C22H17F3N2O2.C18H16N4O2/c23-22(24,25)18-11-16(12-26-20(18)14-4-2-1-3-5-14)27-19-9-8-15(13-6-7-13)10-17(19)21(28)29;1-11-3-4-15(14(7-11)18(23)24)22-13-8-12(2)17(21-9-13)16-10-19-5-6-20-16/h1-5,8-13,27H,6-7H2,(H,28,29);3-10,22H,1-2H3,(H,23,24). The van der Waals surface area contributed by atoms with Crippen molar-refractivity contribution in [3.8, 4) is 22.6 Å². The SMILES string of the molecule is Cc1ccc(Nc2cnc(-c3cnccn3)c(C)c2)c(C(=O)O)c1.O=C(O)c1cc(C2CC2)ccc1Nc1cnc(-c2ccccc2)c(C(F)(F)F)c1. The molecule has 0 aliphatic heterocycles. The average molecular weight is 719 g/mol. The fourth-order valence-electron chi connectivity index (χ4n) is 5.68. The molecule has 6 aromatic rings. The number of alkyl halides is 3. The highest BCUT2D eigenvalue weighted by molar-refractivity contribution is 5.96. The van der Waals surface area contributed by atoms with Crippen LogP contribution in [0.25, 0.3) is 22.6 Å². The van der Waals surface area contributed by atoms with Gasteiger partial charge in [0.15, 0.2) is 0 Å². The van der Waals surface area contributed by atoms with Crippen molar-refractivity contribution < 1.29 is 33.0 Å². The van der Waals surface area contributed by atoms with E-state index in [-0.39, 0.29) is 28.2 Å². The van der Waals surface area contributed by atoms with Crippen molar-refractivity contribution in [1.29, 1.82) is 0 Å². The van der Waals surface area contributed by atoms with Crippen molar-refractivity contribution in [3.05, 3.63) is 143 Å². The Morgan fingerprint density at radius 3 is 1.92 bits per heavy atom. The highest BCUT2D eigenvalue weighted by atomic mass is 19.4. The molecule has 1 saturated carbocycles. The number of pyridine rings is 2. The quantitative estimate of drug-likeness (QED) is 0.114. The van der Waals surface area contributed by atoms with Gasteiger partial charge in [0, 0.05) is 18.0 Å². The van der Waals surface area contributed by atoms with E-state index in [0.29, 0.717) is 28.6 Å². The Balaban J connectivity index is 0.000000185. The summed E-state index contributed by atoms with van der Waals surface area (Å²) in [5, 5.41) is 24.8. The minimum absolute atomic E-state index is 0.0232. The van der Waals surface area contributed by atoms with E-state index in [0.717, 1.165) is 41.3 Å². The Bertz CT molecular complexity index is 2280. The van der Waals surface area contributed by atoms with Gasteiger partial charge in [-0.05, 0) is 80.1 Å². The lowest BCUT2D eigenvalue weighted by Crippen LogP contribution is -2.10. The summed E-state index contributed by atoms with van der Waals surface area (Å²) in [5.74, 6) is -1.74. The molecule has 1 fully saturated rings. The number of nitrogens with zero attached hydrogens (tertiary/aromatic N) is 4. The molecule has 1 aliphatic rings. The first-order valence-electron chi connectivity index (χ1n) is 16.5. The molecule has 7 rings (SSSR count). The molecular weight excluding hydrogens is 685 g/mol. The number of halogens is 3. The van der Waals surface area contributed by atoms with Crippen LogP contribution in [0.3, 0.4) is 0 Å². The van der Waals surface area contributed by atoms with Gasteiger partial charge in [-0.15, -0.1) is 0 Å². The molecule has 0 bridgehead atoms. The molecule has 13 heteroatoms. The lowest BCUT2D eigenvalue weighted by molar-refractivity contribution is -0.137. The van der Waals surface area contributed by atoms with Crippen molar-refractivity contribution in [1.82, 2.24) is 19.9 Å². The van der Waals surface area contributed by atoms with Gasteiger partial charge in [-0.3, -0.25) is 19.9 Å². The summed E-state index contributed by atoms with van der Waals surface area (Å²) < 4.78 is 40.9. The minimum atomic E-state index is -4.61. The Morgan fingerprint density at radius 2 is 1.34 bits per heavy atom. The van der Waals surface area contributed by atoms with Gasteiger partial charge in [0.25, 0.3) is 0 Å². The Kier molecular flexibility index (Phi) is 10.5. The Labute approximate surface area is 302 Å². The Hall–Kier alpha value is -6.63.